The molecule has 0 N–H and O–H groups in total. The van der Waals surface area contributed by atoms with Gasteiger partial charge in [0, 0.05) is 32.2 Å². The molecule has 0 spiro atoms. The van der Waals surface area contributed by atoms with Crippen LogP contribution in [0.1, 0.15) is 25.7 Å². The molecule has 3 rings (SSSR count). The van der Waals surface area contributed by atoms with E-state index in [1.165, 1.54) is 59.1 Å². The Balaban J connectivity index is 1.75. The molecular formula is C16H22S2+2. The third kappa shape index (κ3) is 3.36. The normalized spacial score (nSPS) is 21.3. The standard InChI is InChI=1S/C16H22S2/c1-2-10-17(9-1)13-15-5-7-16(8-6-15)14-18-11-3-4-12-18/h5-8,13-14H,1-4,9-12H2/q+2. The van der Waals surface area contributed by atoms with Crippen molar-refractivity contribution in [2.75, 3.05) is 23.0 Å². The summed E-state index contributed by atoms with van der Waals surface area (Å²) >= 11 is 0. The molecule has 0 aromatic heterocycles. The van der Waals surface area contributed by atoms with Crippen molar-refractivity contribution in [1.82, 2.24) is 0 Å². The summed E-state index contributed by atoms with van der Waals surface area (Å²) in [4.78, 5) is 0. The Morgan fingerprint density at radius 3 is 1.28 bits per heavy atom. The highest BCUT2D eigenvalue weighted by atomic mass is 32.2. The molecule has 2 fully saturated rings. The Bertz CT molecular complexity index is 424. The Morgan fingerprint density at radius 2 is 0.944 bits per heavy atom. The highest BCUT2D eigenvalue weighted by Crippen LogP contribution is 2.14. The largest absolute Gasteiger partial charge is 0.126 e. The zero-order valence-electron chi connectivity index (χ0n) is 10.9. The Kier molecular flexibility index (Phi) is 4.37. The second-order valence-corrected chi connectivity index (χ2v) is 9.46. The van der Waals surface area contributed by atoms with E-state index in [0.717, 1.165) is 0 Å². The molecule has 0 atom stereocenters. The summed E-state index contributed by atoms with van der Waals surface area (Å²) in [5.41, 5.74) is 0. The molecule has 18 heavy (non-hydrogen) atoms. The molecule has 0 aliphatic carbocycles. The molecule has 0 unspecified atom stereocenters. The van der Waals surface area contributed by atoms with Crippen LogP contribution in [0.15, 0.2) is 24.3 Å². The fourth-order valence-corrected chi connectivity index (χ4v) is 6.89. The van der Waals surface area contributed by atoms with Gasteiger partial charge in [-0.25, -0.2) is 0 Å². The Labute approximate surface area is 116 Å². The molecule has 2 aliphatic rings. The van der Waals surface area contributed by atoms with Gasteiger partial charge in [0.1, 0.15) is 33.8 Å². The Hall–Kier alpha value is -0.340. The van der Waals surface area contributed by atoms with Crippen LogP contribution in [0, 0.1) is 0 Å². The van der Waals surface area contributed by atoms with Gasteiger partial charge in [0.25, 0.3) is 0 Å². The van der Waals surface area contributed by atoms with E-state index in [9.17, 15) is 0 Å². The minimum atomic E-state index is 0.578. The minimum absolute atomic E-state index is 0.578. The van der Waals surface area contributed by atoms with Gasteiger partial charge in [-0.1, -0.05) is 0 Å². The van der Waals surface area contributed by atoms with Crippen LogP contribution in [0.2, 0.25) is 0 Å². The van der Waals surface area contributed by atoms with Crippen LogP contribution in [0.5, 0.6) is 0 Å². The lowest BCUT2D eigenvalue weighted by atomic mass is 10.3. The molecule has 0 saturated carbocycles. The summed E-state index contributed by atoms with van der Waals surface area (Å²) in [6.45, 7) is 0. The second kappa shape index (κ2) is 6.21. The zero-order valence-corrected chi connectivity index (χ0v) is 12.6. The molecule has 2 saturated heterocycles. The van der Waals surface area contributed by atoms with Gasteiger partial charge in [-0.2, -0.15) is 0 Å². The second-order valence-electron chi connectivity index (χ2n) is 5.21. The molecular weight excluding hydrogens is 256 g/mol. The van der Waals surface area contributed by atoms with Crippen molar-refractivity contribution in [3.63, 3.8) is 0 Å². The average Bonchev–Trinajstić information content (AvgIpc) is 3.05. The molecule has 2 heterocycles. The van der Waals surface area contributed by atoms with E-state index in [1.807, 2.05) is 0 Å². The molecule has 2 heteroatoms. The topological polar surface area (TPSA) is 0 Å². The van der Waals surface area contributed by atoms with Crippen LogP contribution >= 0.6 is 0 Å². The van der Waals surface area contributed by atoms with Crippen molar-refractivity contribution in [3.05, 3.63) is 34.7 Å². The number of hydrogen-bond donors (Lipinski definition) is 0. The fourth-order valence-electron chi connectivity index (χ4n) is 2.63. The molecule has 96 valence electrons. The van der Waals surface area contributed by atoms with E-state index in [4.69, 9.17) is 0 Å². The first-order valence-electron chi connectivity index (χ1n) is 7.02. The van der Waals surface area contributed by atoms with Crippen molar-refractivity contribution in [2.45, 2.75) is 25.7 Å². The fraction of sp³-hybridized carbons (Fsp3) is 0.500. The SMILES string of the molecule is C(=c1ccc(=C[S+]2CCCC2)cc1)[S+]1CCCC1. The van der Waals surface area contributed by atoms with Crippen molar-refractivity contribution < 1.29 is 0 Å². The van der Waals surface area contributed by atoms with Gasteiger partial charge in [0.2, 0.25) is 0 Å². The van der Waals surface area contributed by atoms with E-state index in [1.54, 1.807) is 0 Å². The van der Waals surface area contributed by atoms with Crippen LogP contribution < -0.4 is 10.4 Å². The summed E-state index contributed by atoms with van der Waals surface area (Å²) in [6, 6.07) is 9.26. The van der Waals surface area contributed by atoms with E-state index < -0.39 is 0 Å². The van der Waals surface area contributed by atoms with Crippen molar-refractivity contribution in [2.24, 2.45) is 0 Å². The summed E-state index contributed by atoms with van der Waals surface area (Å²) in [5, 5.41) is 7.89. The molecule has 1 aromatic carbocycles. The van der Waals surface area contributed by atoms with Crippen molar-refractivity contribution >= 4 is 32.6 Å². The number of benzene rings is 1. The highest BCUT2D eigenvalue weighted by molar-refractivity contribution is 8.04. The number of hydrogen-bond acceptors (Lipinski definition) is 0. The Morgan fingerprint density at radius 1 is 0.611 bits per heavy atom. The smallest absolute Gasteiger partial charge is 0.0498 e. The lowest BCUT2D eigenvalue weighted by Gasteiger charge is -1.92. The lowest BCUT2D eigenvalue weighted by molar-refractivity contribution is 0.949. The zero-order chi connectivity index (χ0) is 12.2. The van der Waals surface area contributed by atoms with E-state index in [0.29, 0.717) is 21.8 Å². The quantitative estimate of drug-likeness (QED) is 0.726. The van der Waals surface area contributed by atoms with Crippen LogP contribution in [0.3, 0.4) is 0 Å². The first kappa shape index (κ1) is 12.7. The molecule has 0 bridgehead atoms. The van der Waals surface area contributed by atoms with E-state index >= 15 is 0 Å². The van der Waals surface area contributed by atoms with Gasteiger partial charge >= 0.3 is 0 Å². The first-order valence-corrected chi connectivity index (χ1v) is 10.3. The van der Waals surface area contributed by atoms with Crippen LogP contribution in [-0.4, -0.2) is 23.0 Å². The van der Waals surface area contributed by atoms with Gasteiger partial charge in [-0.3, -0.25) is 0 Å². The van der Waals surface area contributed by atoms with Crippen molar-refractivity contribution in [1.29, 1.82) is 0 Å². The van der Waals surface area contributed by atoms with Gasteiger partial charge < -0.3 is 0 Å². The predicted octanol–water partition coefficient (Wildman–Crippen LogP) is 1.99. The van der Waals surface area contributed by atoms with E-state index in [-0.39, 0.29) is 0 Å². The van der Waals surface area contributed by atoms with Gasteiger partial charge in [-0.05, 0) is 49.9 Å². The molecule has 2 aliphatic heterocycles. The van der Waals surface area contributed by atoms with E-state index in [2.05, 4.69) is 35.1 Å². The third-order valence-electron chi connectivity index (χ3n) is 3.67. The lowest BCUT2D eigenvalue weighted by Crippen LogP contribution is -2.12. The first-order chi connectivity index (χ1) is 8.90. The molecule has 0 radical (unpaired) electrons. The summed E-state index contributed by atoms with van der Waals surface area (Å²) in [5.74, 6) is 5.71. The van der Waals surface area contributed by atoms with Crippen LogP contribution in [-0.2, 0) is 21.8 Å². The van der Waals surface area contributed by atoms with Gasteiger partial charge in [0.15, 0.2) is 0 Å². The van der Waals surface area contributed by atoms with Gasteiger partial charge in [-0.15, -0.1) is 0 Å². The van der Waals surface area contributed by atoms with Crippen molar-refractivity contribution in [3.8, 4) is 0 Å². The summed E-state index contributed by atoms with van der Waals surface area (Å²) < 4.78 is 0. The summed E-state index contributed by atoms with van der Waals surface area (Å²) in [7, 11) is 1.16. The summed E-state index contributed by atoms with van der Waals surface area (Å²) in [6.07, 6.45) is 5.76. The maximum absolute atomic E-state index is 2.51. The van der Waals surface area contributed by atoms with Crippen LogP contribution in [0.4, 0.5) is 0 Å². The monoisotopic (exact) mass is 278 g/mol. The van der Waals surface area contributed by atoms with Gasteiger partial charge in [0.05, 0.1) is 0 Å². The maximum Gasteiger partial charge on any atom is 0.126 e. The minimum Gasteiger partial charge on any atom is -0.0498 e. The highest BCUT2D eigenvalue weighted by Gasteiger charge is 2.21. The van der Waals surface area contributed by atoms with Crippen LogP contribution in [0.25, 0.3) is 10.8 Å². The molecule has 0 nitrogen and oxygen atoms in total. The predicted molar refractivity (Wildman–Crippen MR) is 87.3 cm³/mol. The number of rotatable bonds is 2. The maximum atomic E-state index is 2.51. The molecule has 0 amide bonds. The average molecular weight is 278 g/mol. The third-order valence-corrected chi connectivity index (χ3v) is 8.13. The molecule has 1 aromatic rings.